The molecule has 0 aromatic heterocycles. The van der Waals surface area contributed by atoms with Gasteiger partial charge in [0.1, 0.15) is 0 Å². The molecule has 1 atom stereocenters. The van der Waals surface area contributed by atoms with Gasteiger partial charge in [-0.25, -0.2) is 0 Å². The lowest BCUT2D eigenvalue weighted by Gasteiger charge is -2.22. The van der Waals surface area contributed by atoms with Gasteiger partial charge in [-0.2, -0.15) is 0 Å². The van der Waals surface area contributed by atoms with E-state index in [-0.39, 0.29) is 21.9 Å². The molecule has 2 nitrogen and oxygen atoms in total. The summed E-state index contributed by atoms with van der Waals surface area (Å²) in [5.74, 6) is 1.96. The molecule has 1 unspecified atom stereocenters. The Labute approximate surface area is 115 Å². The number of fused-ring (bicyclic) bond motifs is 2. The molecule has 0 aliphatic carbocycles. The summed E-state index contributed by atoms with van der Waals surface area (Å²) in [7, 11) is -0.244. The fourth-order valence-electron chi connectivity index (χ4n) is 2.22. The molecule has 3 heteroatoms. The van der Waals surface area contributed by atoms with Crippen molar-refractivity contribution in [1.29, 1.82) is 0 Å². The van der Waals surface area contributed by atoms with Crippen LogP contribution in [-0.4, -0.2) is 11.0 Å². The summed E-state index contributed by atoms with van der Waals surface area (Å²) in [5, 5.41) is -0.0220. The first-order valence-corrected chi connectivity index (χ1v) is 7.56. The zero-order valence-corrected chi connectivity index (χ0v) is 11.7. The van der Waals surface area contributed by atoms with E-state index >= 15 is 0 Å². The number of hydrogen-bond donors (Lipinski definition) is 0. The SMILES string of the molecule is CC(=O)C(C)[S+]1c2ccccc2Oc2ccccc21. The number of carbonyl (C=O) groups excluding carboxylic acids is 1. The summed E-state index contributed by atoms with van der Waals surface area (Å²) in [6.07, 6.45) is 0. The molecule has 19 heavy (non-hydrogen) atoms. The molecule has 0 bridgehead atoms. The third-order valence-electron chi connectivity index (χ3n) is 3.32. The summed E-state index contributed by atoms with van der Waals surface area (Å²) < 4.78 is 5.93. The minimum Gasteiger partial charge on any atom is -0.447 e. The Balaban J connectivity index is 2.19. The Bertz CT molecular complexity index is 591. The standard InChI is InChI=1S/C16H15O2S/c1-11(17)12(2)19-15-9-5-3-7-13(15)18-14-8-4-6-10-16(14)19/h3-10,12H,1-2H3/q+1. The molecule has 1 aliphatic rings. The molecular formula is C16H15O2S+. The second kappa shape index (κ2) is 4.74. The predicted molar refractivity (Wildman–Crippen MR) is 77.0 cm³/mol. The van der Waals surface area contributed by atoms with E-state index in [0.717, 1.165) is 21.3 Å². The van der Waals surface area contributed by atoms with Gasteiger partial charge < -0.3 is 4.74 Å². The first-order valence-electron chi connectivity index (χ1n) is 6.28. The van der Waals surface area contributed by atoms with E-state index in [4.69, 9.17) is 4.74 Å². The number of ketones is 1. The number of Topliss-reactive ketones (excluding diaryl/α,β-unsaturated/α-hetero) is 1. The van der Waals surface area contributed by atoms with E-state index < -0.39 is 0 Å². The summed E-state index contributed by atoms with van der Waals surface area (Å²) in [4.78, 5) is 14.1. The minimum absolute atomic E-state index is 0.0220. The monoisotopic (exact) mass is 271 g/mol. The predicted octanol–water partition coefficient (Wildman–Crippen LogP) is 3.81. The molecule has 0 spiro atoms. The quantitative estimate of drug-likeness (QED) is 0.776. The third kappa shape index (κ3) is 2.04. The van der Waals surface area contributed by atoms with Crippen molar-refractivity contribution in [1.82, 2.24) is 0 Å². The van der Waals surface area contributed by atoms with Crippen LogP contribution in [0.25, 0.3) is 0 Å². The average molecular weight is 271 g/mol. The molecule has 1 aliphatic heterocycles. The molecule has 3 rings (SSSR count). The Hall–Kier alpha value is -1.74. The highest BCUT2D eigenvalue weighted by atomic mass is 32.2. The number of ether oxygens (including phenoxy) is 1. The largest absolute Gasteiger partial charge is 0.447 e. The maximum atomic E-state index is 11.8. The summed E-state index contributed by atoms with van der Waals surface area (Å²) in [6, 6.07) is 16.0. The topological polar surface area (TPSA) is 26.3 Å². The van der Waals surface area contributed by atoms with Crippen LogP contribution in [0.4, 0.5) is 0 Å². The average Bonchev–Trinajstić information content (AvgIpc) is 2.43. The van der Waals surface area contributed by atoms with Gasteiger partial charge in [0.15, 0.2) is 22.5 Å². The molecule has 2 aromatic carbocycles. The minimum atomic E-state index is -0.244. The maximum Gasteiger partial charge on any atom is 0.203 e. The fourth-order valence-corrected chi connectivity index (χ4v) is 4.65. The highest BCUT2D eigenvalue weighted by molar-refractivity contribution is 7.98. The van der Waals surface area contributed by atoms with Gasteiger partial charge in [-0.3, -0.25) is 4.79 Å². The first-order chi connectivity index (χ1) is 9.18. The zero-order valence-electron chi connectivity index (χ0n) is 10.9. The van der Waals surface area contributed by atoms with Gasteiger partial charge in [0.2, 0.25) is 9.79 Å². The van der Waals surface area contributed by atoms with Crippen molar-refractivity contribution in [2.24, 2.45) is 0 Å². The summed E-state index contributed by atoms with van der Waals surface area (Å²) in [6.45, 7) is 3.67. The lowest BCUT2D eigenvalue weighted by Crippen LogP contribution is -2.28. The van der Waals surface area contributed by atoms with E-state index in [2.05, 4.69) is 12.1 Å². The third-order valence-corrected chi connectivity index (χ3v) is 5.98. The van der Waals surface area contributed by atoms with Gasteiger partial charge in [0.05, 0.1) is 10.9 Å². The molecule has 0 fully saturated rings. The van der Waals surface area contributed by atoms with Crippen molar-refractivity contribution in [2.75, 3.05) is 0 Å². The number of carbonyl (C=O) groups is 1. The summed E-state index contributed by atoms with van der Waals surface area (Å²) >= 11 is 0. The Kier molecular flexibility index (Phi) is 3.07. The van der Waals surface area contributed by atoms with Crippen LogP contribution in [0.3, 0.4) is 0 Å². The highest BCUT2D eigenvalue weighted by Crippen LogP contribution is 2.45. The number of benzene rings is 2. The van der Waals surface area contributed by atoms with Gasteiger partial charge >= 0.3 is 0 Å². The smallest absolute Gasteiger partial charge is 0.203 e. The molecular weight excluding hydrogens is 256 g/mol. The Morgan fingerprint density at radius 3 is 1.95 bits per heavy atom. The lowest BCUT2D eigenvalue weighted by molar-refractivity contribution is -0.116. The number of para-hydroxylation sites is 2. The van der Waals surface area contributed by atoms with Crippen LogP contribution in [0.15, 0.2) is 58.3 Å². The number of hydrogen-bond acceptors (Lipinski definition) is 2. The molecule has 0 amide bonds. The molecule has 96 valence electrons. The van der Waals surface area contributed by atoms with Gasteiger partial charge in [0.25, 0.3) is 0 Å². The number of rotatable bonds is 2. The van der Waals surface area contributed by atoms with Crippen LogP contribution in [0.5, 0.6) is 11.5 Å². The normalized spacial score (nSPS) is 15.1. The zero-order chi connectivity index (χ0) is 13.4. The molecule has 1 heterocycles. The highest BCUT2D eigenvalue weighted by Gasteiger charge is 2.42. The van der Waals surface area contributed by atoms with Crippen molar-refractivity contribution < 1.29 is 9.53 Å². The van der Waals surface area contributed by atoms with E-state index in [1.807, 2.05) is 43.3 Å². The van der Waals surface area contributed by atoms with Crippen LogP contribution in [-0.2, 0) is 15.7 Å². The van der Waals surface area contributed by atoms with Crippen molar-refractivity contribution in [3.05, 3.63) is 48.5 Å². The van der Waals surface area contributed by atoms with Crippen LogP contribution >= 0.6 is 0 Å². The molecule has 0 radical (unpaired) electrons. The van der Waals surface area contributed by atoms with Gasteiger partial charge in [-0.05, 0) is 38.1 Å². The van der Waals surface area contributed by atoms with E-state index in [0.29, 0.717) is 0 Å². The van der Waals surface area contributed by atoms with Crippen molar-refractivity contribution in [2.45, 2.75) is 28.9 Å². The van der Waals surface area contributed by atoms with Crippen molar-refractivity contribution in [3.63, 3.8) is 0 Å². The summed E-state index contributed by atoms with van der Waals surface area (Å²) in [5.41, 5.74) is 0. The van der Waals surface area contributed by atoms with E-state index in [9.17, 15) is 4.79 Å². The van der Waals surface area contributed by atoms with E-state index in [1.165, 1.54) is 0 Å². The van der Waals surface area contributed by atoms with Gasteiger partial charge in [-0.15, -0.1) is 0 Å². The van der Waals surface area contributed by atoms with Crippen LogP contribution < -0.4 is 4.74 Å². The Morgan fingerprint density at radius 1 is 1.00 bits per heavy atom. The van der Waals surface area contributed by atoms with Crippen LogP contribution in [0, 0.1) is 0 Å². The molecule has 0 saturated carbocycles. The fraction of sp³-hybridized carbons (Fsp3) is 0.188. The van der Waals surface area contributed by atoms with E-state index in [1.54, 1.807) is 6.92 Å². The van der Waals surface area contributed by atoms with Crippen molar-refractivity contribution >= 4 is 16.7 Å². The lowest BCUT2D eigenvalue weighted by atomic mass is 10.3. The molecule has 2 aromatic rings. The second-order valence-electron chi connectivity index (χ2n) is 4.59. The van der Waals surface area contributed by atoms with Crippen LogP contribution in [0.1, 0.15) is 13.8 Å². The molecule has 0 saturated heterocycles. The van der Waals surface area contributed by atoms with Crippen LogP contribution in [0.2, 0.25) is 0 Å². The van der Waals surface area contributed by atoms with Gasteiger partial charge in [0, 0.05) is 0 Å². The first kappa shape index (κ1) is 12.3. The molecule has 0 N–H and O–H groups in total. The van der Waals surface area contributed by atoms with Crippen molar-refractivity contribution in [3.8, 4) is 11.5 Å². The Morgan fingerprint density at radius 2 is 1.47 bits per heavy atom. The second-order valence-corrected chi connectivity index (χ2v) is 6.85. The van der Waals surface area contributed by atoms with Gasteiger partial charge in [-0.1, -0.05) is 24.3 Å². The maximum absolute atomic E-state index is 11.8.